The fraction of sp³-hybridized carbons (Fsp3) is 0.450. The number of benzene rings is 1. The molecule has 0 aliphatic carbocycles. The minimum atomic E-state index is -1.02. The zero-order valence-corrected chi connectivity index (χ0v) is 17.2. The summed E-state index contributed by atoms with van der Waals surface area (Å²) in [6.07, 6.45) is 3.31. The number of thiazole rings is 1. The Morgan fingerprint density at radius 1 is 1.25 bits per heavy atom. The minimum absolute atomic E-state index is 0.0501. The maximum atomic E-state index is 12.2. The molecule has 0 aliphatic rings. The van der Waals surface area contributed by atoms with Crippen LogP contribution in [-0.4, -0.2) is 35.7 Å². The van der Waals surface area contributed by atoms with Crippen LogP contribution in [-0.2, 0) is 17.8 Å². The smallest absolute Gasteiger partial charge is 0.347 e. The Morgan fingerprint density at radius 2 is 2.04 bits per heavy atom. The fourth-order valence-electron chi connectivity index (χ4n) is 2.60. The lowest BCUT2D eigenvalue weighted by molar-refractivity contribution is -0.120. The summed E-state index contributed by atoms with van der Waals surface area (Å²) in [5, 5.41) is 12.4. The van der Waals surface area contributed by atoms with E-state index in [0.29, 0.717) is 35.4 Å². The first kappa shape index (κ1) is 21.7. The zero-order chi connectivity index (χ0) is 20.5. The number of nitrogens with one attached hydrogen (secondary N) is 1. The third-order valence-corrected chi connectivity index (χ3v) is 5.22. The molecule has 0 atom stereocenters. The Kier molecular flexibility index (Phi) is 8.25. The maximum absolute atomic E-state index is 12.2. The number of methoxy groups -OCH3 is 1. The first-order chi connectivity index (χ1) is 13.4. The van der Waals surface area contributed by atoms with Crippen molar-refractivity contribution in [2.24, 2.45) is 0 Å². The van der Waals surface area contributed by atoms with Gasteiger partial charge in [0.05, 0.1) is 25.8 Å². The molecule has 152 valence electrons. The summed E-state index contributed by atoms with van der Waals surface area (Å²) in [6, 6.07) is 5.56. The predicted octanol–water partition coefficient (Wildman–Crippen LogP) is 3.59. The fourth-order valence-corrected chi connectivity index (χ4v) is 3.50. The van der Waals surface area contributed by atoms with Crippen molar-refractivity contribution in [3.05, 3.63) is 39.3 Å². The first-order valence-electron chi connectivity index (χ1n) is 9.20. The monoisotopic (exact) mass is 406 g/mol. The molecule has 8 heteroatoms. The van der Waals surface area contributed by atoms with E-state index in [4.69, 9.17) is 14.6 Å². The van der Waals surface area contributed by atoms with Gasteiger partial charge in [0.2, 0.25) is 5.91 Å². The van der Waals surface area contributed by atoms with Gasteiger partial charge in [-0.2, -0.15) is 0 Å². The second-order valence-electron chi connectivity index (χ2n) is 6.32. The summed E-state index contributed by atoms with van der Waals surface area (Å²) in [4.78, 5) is 27.5. The van der Waals surface area contributed by atoms with E-state index in [1.54, 1.807) is 14.0 Å². The Hall–Kier alpha value is -2.61. The third kappa shape index (κ3) is 6.23. The van der Waals surface area contributed by atoms with Gasteiger partial charge in [-0.25, -0.2) is 9.78 Å². The number of carboxylic acids is 1. The van der Waals surface area contributed by atoms with Gasteiger partial charge >= 0.3 is 5.97 Å². The normalized spacial score (nSPS) is 10.5. The van der Waals surface area contributed by atoms with Crippen LogP contribution in [0.1, 0.15) is 52.1 Å². The summed E-state index contributed by atoms with van der Waals surface area (Å²) >= 11 is 1.03. The second-order valence-corrected chi connectivity index (χ2v) is 7.41. The molecule has 1 amide bonds. The molecule has 0 saturated heterocycles. The Morgan fingerprint density at radius 3 is 2.68 bits per heavy atom. The largest absolute Gasteiger partial charge is 0.493 e. The highest BCUT2D eigenvalue weighted by Crippen LogP contribution is 2.28. The van der Waals surface area contributed by atoms with E-state index < -0.39 is 5.97 Å². The summed E-state index contributed by atoms with van der Waals surface area (Å²) in [5.41, 5.74) is 1.31. The third-order valence-electron chi connectivity index (χ3n) is 4.07. The van der Waals surface area contributed by atoms with Crippen molar-refractivity contribution < 1.29 is 24.2 Å². The lowest BCUT2D eigenvalue weighted by Gasteiger charge is -2.12. The van der Waals surface area contributed by atoms with Gasteiger partial charge in [0.1, 0.15) is 9.88 Å². The number of hydrogen-bond donors (Lipinski definition) is 2. The molecular formula is C20H26N2O5S. The van der Waals surface area contributed by atoms with Crippen LogP contribution >= 0.6 is 11.3 Å². The van der Waals surface area contributed by atoms with Crippen molar-refractivity contribution in [3.63, 3.8) is 0 Å². The molecule has 1 heterocycles. The van der Waals surface area contributed by atoms with Gasteiger partial charge in [0.15, 0.2) is 11.5 Å². The van der Waals surface area contributed by atoms with Crippen molar-refractivity contribution in [3.8, 4) is 11.5 Å². The van der Waals surface area contributed by atoms with Crippen LogP contribution in [0.2, 0.25) is 0 Å². The Balaban J connectivity index is 1.90. The van der Waals surface area contributed by atoms with Gasteiger partial charge in [-0.3, -0.25) is 4.79 Å². The maximum Gasteiger partial charge on any atom is 0.347 e. The molecule has 7 nitrogen and oxygen atoms in total. The lowest BCUT2D eigenvalue weighted by atomic mass is 10.2. The first-order valence-corrected chi connectivity index (χ1v) is 10.0. The summed E-state index contributed by atoms with van der Waals surface area (Å²) in [7, 11) is 1.58. The van der Waals surface area contributed by atoms with Gasteiger partial charge in [-0.15, -0.1) is 11.3 Å². The van der Waals surface area contributed by atoms with E-state index >= 15 is 0 Å². The number of nitrogens with zero attached hydrogens (tertiary/aromatic N) is 1. The topological polar surface area (TPSA) is 97.8 Å². The standard InChI is InChI=1S/C20H26N2O5S/c1-4-5-6-9-27-15-8-7-14(10-16(15)26-3)12-21-17(23)11-18-22-13(2)19(28-18)20(24)25/h7-8,10H,4-6,9,11-12H2,1-3H3,(H,21,23)(H,24,25). The summed E-state index contributed by atoms with van der Waals surface area (Å²) < 4.78 is 11.1. The molecule has 0 saturated carbocycles. The number of unbranched alkanes of at least 4 members (excludes halogenated alkanes) is 2. The highest BCUT2D eigenvalue weighted by molar-refractivity contribution is 7.13. The highest BCUT2D eigenvalue weighted by atomic mass is 32.1. The number of aryl methyl sites for hydroxylation is 1. The number of aromatic nitrogens is 1. The van der Waals surface area contributed by atoms with Gasteiger partial charge in [-0.05, 0) is 31.0 Å². The molecule has 2 aromatic rings. The SMILES string of the molecule is CCCCCOc1ccc(CNC(=O)Cc2nc(C)c(C(=O)O)s2)cc1OC. The lowest BCUT2D eigenvalue weighted by Crippen LogP contribution is -2.24. The molecule has 28 heavy (non-hydrogen) atoms. The van der Waals surface area contributed by atoms with Gasteiger partial charge in [0.25, 0.3) is 0 Å². The predicted molar refractivity (Wildman–Crippen MR) is 107 cm³/mol. The van der Waals surface area contributed by atoms with E-state index in [1.807, 2.05) is 18.2 Å². The number of hydrogen-bond acceptors (Lipinski definition) is 6. The van der Waals surface area contributed by atoms with Crippen LogP contribution < -0.4 is 14.8 Å². The van der Waals surface area contributed by atoms with E-state index in [-0.39, 0.29) is 17.2 Å². The highest BCUT2D eigenvalue weighted by Gasteiger charge is 2.16. The van der Waals surface area contributed by atoms with Crippen LogP contribution in [0, 0.1) is 6.92 Å². The number of amides is 1. The molecule has 2 rings (SSSR count). The molecule has 0 fully saturated rings. The number of carbonyl (C=O) groups excluding carboxylic acids is 1. The molecular weight excluding hydrogens is 380 g/mol. The van der Waals surface area contributed by atoms with Crippen LogP contribution in [0.15, 0.2) is 18.2 Å². The van der Waals surface area contributed by atoms with Crippen molar-refractivity contribution in [2.45, 2.75) is 46.1 Å². The molecule has 0 spiro atoms. The Labute approximate surface area is 168 Å². The molecule has 0 bridgehead atoms. The van der Waals surface area contributed by atoms with E-state index in [9.17, 15) is 9.59 Å². The average molecular weight is 407 g/mol. The van der Waals surface area contributed by atoms with Crippen LogP contribution in [0.3, 0.4) is 0 Å². The number of rotatable bonds is 11. The van der Waals surface area contributed by atoms with Gasteiger partial charge in [-0.1, -0.05) is 25.8 Å². The van der Waals surface area contributed by atoms with Crippen LogP contribution in [0.25, 0.3) is 0 Å². The average Bonchev–Trinajstić information content (AvgIpc) is 3.04. The second kappa shape index (κ2) is 10.7. The van der Waals surface area contributed by atoms with Crippen molar-refractivity contribution >= 4 is 23.2 Å². The van der Waals surface area contributed by atoms with Crippen molar-refractivity contribution in [2.75, 3.05) is 13.7 Å². The van der Waals surface area contributed by atoms with Crippen LogP contribution in [0.5, 0.6) is 11.5 Å². The molecule has 0 radical (unpaired) electrons. The number of carboxylic acid groups (broad SMARTS) is 1. The zero-order valence-electron chi connectivity index (χ0n) is 16.4. The van der Waals surface area contributed by atoms with Crippen LogP contribution in [0.4, 0.5) is 0 Å². The number of aromatic carboxylic acids is 1. The minimum Gasteiger partial charge on any atom is -0.493 e. The van der Waals surface area contributed by atoms with Gasteiger partial charge < -0.3 is 19.9 Å². The van der Waals surface area contributed by atoms with Crippen molar-refractivity contribution in [1.82, 2.24) is 10.3 Å². The summed E-state index contributed by atoms with van der Waals surface area (Å²) in [6.45, 7) is 4.75. The van der Waals surface area contributed by atoms with Gasteiger partial charge in [0, 0.05) is 6.54 Å². The number of carbonyl (C=O) groups is 2. The van der Waals surface area contributed by atoms with E-state index in [1.165, 1.54) is 0 Å². The molecule has 1 aromatic carbocycles. The quantitative estimate of drug-likeness (QED) is 0.554. The number of ether oxygens (including phenoxy) is 2. The molecule has 0 unspecified atom stereocenters. The van der Waals surface area contributed by atoms with Crippen molar-refractivity contribution in [1.29, 1.82) is 0 Å². The molecule has 0 aliphatic heterocycles. The van der Waals surface area contributed by atoms with E-state index in [2.05, 4.69) is 17.2 Å². The van der Waals surface area contributed by atoms with E-state index in [0.717, 1.165) is 36.2 Å². The molecule has 2 N–H and O–H groups in total. The molecule has 1 aromatic heterocycles. The Bertz CT molecular complexity index is 819. The summed E-state index contributed by atoms with van der Waals surface area (Å²) in [5.74, 6) is 0.0772.